The van der Waals surface area contributed by atoms with Gasteiger partial charge in [-0.25, -0.2) is 4.79 Å². The number of amides is 3. The molecule has 1 fully saturated rings. The van der Waals surface area contributed by atoms with E-state index in [-0.39, 0.29) is 25.5 Å². The molecule has 248 valence electrons. The molecule has 2 unspecified atom stereocenters. The van der Waals surface area contributed by atoms with Crippen LogP contribution in [0.5, 0.6) is 5.75 Å². The number of hydrogen-bond acceptors (Lipinski definition) is 7. The minimum atomic E-state index is -1.07. The lowest BCUT2D eigenvalue weighted by Gasteiger charge is -2.37. The standard InChI is InChI=1S/C36H36ClN5O6/c1-36(2,3)48-35(46)39-32(24-8-6-5-7-9-24)34(45)42-18-19-47-22-29(42)33(44)38-27-15-11-23(12-16-27)10-13-25-21-41(4)40-31(25)28-20-26(37)14-17-30(28)43/h5-9,11-12,14-17,20-21,29,32,43H,18-19,22H2,1-4H3,(H,38,44)(H,39,46). The van der Waals surface area contributed by atoms with Crippen LogP contribution in [0.15, 0.2) is 79.0 Å². The molecule has 2 atom stereocenters. The van der Waals surface area contributed by atoms with Crippen molar-refractivity contribution in [3.8, 4) is 28.8 Å². The van der Waals surface area contributed by atoms with Crippen molar-refractivity contribution in [1.82, 2.24) is 20.0 Å². The molecule has 4 aromatic rings. The number of nitrogens with one attached hydrogen (secondary N) is 2. The van der Waals surface area contributed by atoms with Crippen molar-refractivity contribution in [2.24, 2.45) is 7.05 Å². The van der Waals surface area contributed by atoms with Gasteiger partial charge in [0.15, 0.2) is 0 Å². The van der Waals surface area contributed by atoms with Gasteiger partial charge in [0.05, 0.1) is 18.8 Å². The number of ether oxygens (including phenoxy) is 2. The Hall–Kier alpha value is -5.31. The average molecular weight is 670 g/mol. The molecule has 1 aliphatic heterocycles. The Labute approximate surface area is 283 Å². The zero-order chi connectivity index (χ0) is 34.4. The molecule has 0 spiro atoms. The predicted molar refractivity (Wildman–Crippen MR) is 181 cm³/mol. The first kappa shape index (κ1) is 34.0. The van der Waals surface area contributed by atoms with Gasteiger partial charge in [-0.15, -0.1) is 0 Å². The summed E-state index contributed by atoms with van der Waals surface area (Å²) < 4.78 is 12.6. The van der Waals surface area contributed by atoms with Crippen LogP contribution >= 0.6 is 11.6 Å². The van der Waals surface area contributed by atoms with Gasteiger partial charge >= 0.3 is 6.09 Å². The normalized spacial score (nSPS) is 15.1. The van der Waals surface area contributed by atoms with Crippen molar-refractivity contribution in [3.63, 3.8) is 0 Å². The van der Waals surface area contributed by atoms with Crippen LogP contribution in [0.25, 0.3) is 11.3 Å². The third-order valence-corrected chi connectivity index (χ3v) is 7.53. The Bertz CT molecular complexity index is 1860. The number of aromatic nitrogens is 2. The summed E-state index contributed by atoms with van der Waals surface area (Å²) in [6, 6.07) is 18.5. The van der Waals surface area contributed by atoms with Gasteiger partial charge < -0.3 is 30.1 Å². The SMILES string of the molecule is Cn1cc(C#Cc2ccc(NC(=O)C3COCCN3C(=O)C(NC(=O)OC(C)(C)C)c3ccccc3)cc2)c(-c2cc(Cl)ccc2O)n1. The summed E-state index contributed by atoms with van der Waals surface area (Å²) in [6.07, 6.45) is 1.01. The van der Waals surface area contributed by atoms with Crippen molar-refractivity contribution in [1.29, 1.82) is 0 Å². The van der Waals surface area contributed by atoms with E-state index in [4.69, 9.17) is 21.1 Å². The van der Waals surface area contributed by atoms with E-state index in [1.807, 2.05) is 6.07 Å². The molecule has 3 amide bonds. The summed E-state index contributed by atoms with van der Waals surface area (Å²) in [5, 5.41) is 20.8. The number of benzene rings is 3. The number of aromatic hydroxyl groups is 1. The second-order valence-corrected chi connectivity index (χ2v) is 12.6. The maximum Gasteiger partial charge on any atom is 0.408 e. The van der Waals surface area contributed by atoms with Gasteiger partial charge in [0.2, 0.25) is 5.91 Å². The summed E-state index contributed by atoms with van der Waals surface area (Å²) in [4.78, 5) is 41.6. The molecule has 1 saturated heterocycles. The van der Waals surface area contributed by atoms with Gasteiger partial charge in [0.25, 0.3) is 5.91 Å². The predicted octanol–water partition coefficient (Wildman–Crippen LogP) is 5.28. The fourth-order valence-electron chi connectivity index (χ4n) is 5.09. The molecule has 5 rings (SSSR count). The van der Waals surface area contributed by atoms with Crippen molar-refractivity contribution in [2.45, 2.75) is 38.5 Å². The summed E-state index contributed by atoms with van der Waals surface area (Å²) in [5.41, 5.74) is 2.54. The highest BCUT2D eigenvalue weighted by molar-refractivity contribution is 6.31. The Morgan fingerprint density at radius 3 is 2.50 bits per heavy atom. The first-order valence-corrected chi connectivity index (χ1v) is 15.6. The third-order valence-electron chi connectivity index (χ3n) is 7.29. The summed E-state index contributed by atoms with van der Waals surface area (Å²) in [7, 11) is 1.76. The molecule has 0 saturated carbocycles. The fourth-order valence-corrected chi connectivity index (χ4v) is 5.26. The number of morpholine rings is 1. The molecular weight excluding hydrogens is 634 g/mol. The number of halogens is 1. The number of rotatable bonds is 6. The molecule has 0 bridgehead atoms. The molecule has 3 N–H and O–H groups in total. The lowest BCUT2D eigenvalue weighted by atomic mass is 10.0. The summed E-state index contributed by atoms with van der Waals surface area (Å²) in [6.45, 7) is 5.60. The average Bonchev–Trinajstić information content (AvgIpc) is 3.43. The Balaban J connectivity index is 1.30. The monoisotopic (exact) mass is 669 g/mol. The van der Waals surface area contributed by atoms with Crippen LogP contribution in [0.4, 0.5) is 10.5 Å². The lowest BCUT2D eigenvalue weighted by Crippen LogP contribution is -2.57. The van der Waals surface area contributed by atoms with Crippen molar-refractivity contribution in [2.75, 3.05) is 25.1 Å². The van der Waals surface area contributed by atoms with Crippen LogP contribution in [-0.2, 0) is 26.1 Å². The van der Waals surface area contributed by atoms with Gasteiger partial charge in [-0.1, -0.05) is 53.8 Å². The smallest absolute Gasteiger partial charge is 0.408 e. The molecule has 48 heavy (non-hydrogen) atoms. The van der Waals surface area contributed by atoms with Gasteiger partial charge in [-0.05, 0) is 68.8 Å². The number of hydrogen-bond donors (Lipinski definition) is 3. The van der Waals surface area contributed by atoms with Gasteiger partial charge in [0, 0.05) is 41.6 Å². The van der Waals surface area contributed by atoms with E-state index in [1.165, 1.54) is 11.0 Å². The number of alkyl carbamates (subject to hydrolysis) is 1. The minimum Gasteiger partial charge on any atom is -0.507 e. The summed E-state index contributed by atoms with van der Waals surface area (Å²) >= 11 is 6.14. The highest BCUT2D eigenvalue weighted by Crippen LogP contribution is 2.32. The number of aryl methyl sites for hydroxylation is 1. The van der Waals surface area contributed by atoms with Crippen LogP contribution < -0.4 is 10.6 Å². The number of phenolic OH excluding ortho intramolecular Hbond substituents is 1. The van der Waals surface area contributed by atoms with Crippen LogP contribution in [-0.4, -0.2) is 69.1 Å². The van der Waals surface area contributed by atoms with Crippen molar-refractivity contribution < 1.29 is 29.0 Å². The Kier molecular flexibility index (Phi) is 10.4. The minimum absolute atomic E-state index is 0.00922. The molecule has 0 radical (unpaired) electrons. The Morgan fingerprint density at radius 1 is 1.06 bits per heavy atom. The van der Waals surface area contributed by atoms with E-state index in [1.54, 1.807) is 99.4 Å². The number of anilines is 1. The molecule has 1 aromatic heterocycles. The van der Waals surface area contributed by atoms with E-state index in [0.717, 1.165) is 0 Å². The second-order valence-electron chi connectivity index (χ2n) is 12.2. The number of phenols is 1. The molecular formula is C36H36ClN5O6. The van der Waals surface area contributed by atoms with Gasteiger partial charge in [-0.3, -0.25) is 14.3 Å². The molecule has 0 aliphatic carbocycles. The first-order chi connectivity index (χ1) is 22.9. The number of carbonyl (C=O) groups is 3. The van der Waals surface area contributed by atoms with Crippen LogP contribution in [0, 0.1) is 11.8 Å². The van der Waals surface area contributed by atoms with Crippen molar-refractivity contribution in [3.05, 3.63) is 101 Å². The molecule has 12 heteroatoms. The lowest BCUT2D eigenvalue weighted by molar-refractivity contribution is -0.148. The van der Waals surface area contributed by atoms with E-state index in [9.17, 15) is 19.5 Å². The maximum absolute atomic E-state index is 13.9. The van der Waals surface area contributed by atoms with Crippen molar-refractivity contribution >= 4 is 35.2 Å². The summed E-state index contributed by atoms with van der Waals surface area (Å²) in [5.74, 6) is 5.34. The Morgan fingerprint density at radius 2 is 1.79 bits per heavy atom. The molecule has 3 aromatic carbocycles. The van der Waals surface area contributed by atoms with Gasteiger partial charge in [0.1, 0.15) is 29.1 Å². The topological polar surface area (TPSA) is 135 Å². The quantitative estimate of drug-likeness (QED) is 0.238. The number of carbonyl (C=O) groups excluding carboxylic acids is 3. The van der Waals surface area contributed by atoms with Gasteiger partial charge in [-0.2, -0.15) is 5.10 Å². The number of nitrogens with zero attached hydrogens (tertiary/aromatic N) is 3. The molecule has 2 heterocycles. The zero-order valence-electron chi connectivity index (χ0n) is 27.0. The van der Waals surface area contributed by atoms with E-state index < -0.39 is 35.6 Å². The first-order valence-electron chi connectivity index (χ1n) is 15.3. The van der Waals surface area contributed by atoms with Crippen LogP contribution in [0.2, 0.25) is 5.02 Å². The highest BCUT2D eigenvalue weighted by atomic mass is 35.5. The largest absolute Gasteiger partial charge is 0.507 e. The zero-order valence-corrected chi connectivity index (χ0v) is 27.7. The van der Waals surface area contributed by atoms with Crippen LogP contribution in [0.1, 0.15) is 43.5 Å². The second kappa shape index (κ2) is 14.6. The molecule has 1 aliphatic rings. The van der Waals surface area contributed by atoms with E-state index in [2.05, 4.69) is 27.6 Å². The molecule has 11 nitrogen and oxygen atoms in total. The van der Waals surface area contributed by atoms with Crippen LogP contribution in [0.3, 0.4) is 0 Å². The fraction of sp³-hybridized carbons (Fsp3) is 0.278. The van der Waals surface area contributed by atoms with E-state index in [0.29, 0.717) is 38.7 Å². The highest BCUT2D eigenvalue weighted by Gasteiger charge is 2.38. The maximum atomic E-state index is 13.9. The third kappa shape index (κ3) is 8.53. The van der Waals surface area contributed by atoms with E-state index >= 15 is 0 Å².